The van der Waals surface area contributed by atoms with Gasteiger partial charge in [-0.05, 0) is 62.7 Å². The van der Waals surface area contributed by atoms with Crippen molar-refractivity contribution < 1.29 is 0 Å². The molecule has 0 amide bonds. The minimum absolute atomic E-state index is 0.922. The molecule has 0 bridgehead atoms. The van der Waals surface area contributed by atoms with E-state index in [1.54, 1.807) is 0 Å². The van der Waals surface area contributed by atoms with Gasteiger partial charge in [0.2, 0.25) is 0 Å². The van der Waals surface area contributed by atoms with Gasteiger partial charge in [-0.3, -0.25) is 4.90 Å². The van der Waals surface area contributed by atoms with Crippen molar-refractivity contribution in [2.75, 3.05) is 18.4 Å². The molecule has 20 heavy (non-hydrogen) atoms. The molecular formula is C17H22N2S. The summed E-state index contributed by atoms with van der Waals surface area (Å²) >= 11 is 1.87. The van der Waals surface area contributed by atoms with Crippen molar-refractivity contribution >= 4 is 17.0 Å². The molecule has 1 aliphatic rings. The van der Waals surface area contributed by atoms with E-state index >= 15 is 0 Å². The van der Waals surface area contributed by atoms with Crippen LogP contribution < -0.4 is 5.32 Å². The number of hydrogen-bond acceptors (Lipinski definition) is 3. The molecule has 2 nitrogen and oxygen atoms in total. The number of anilines is 1. The highest BCUT2D eigenvalue weighted by atomic mass is 32.1. The molecule has 106 valence electrons. The van der Waals surface area contributed by atoms with Crippen LogP contribution in [0.15, 0.2) is 36.4 Å². The van der Waals surface area contributed by atoms with Gasteiger partial charge in [-0.1, -0.05) is 12.1 Å². The van der Waals surface area contributed by atoms with Crippen LogP contribution in [0.4, 0.5) is 5.69 Å². The van der Waals surface area contributed by atoms with Gasteiger partial charge in [0.05, 0.1) is 0 Å². The summed E-state index contributed by atoms with van der Waals surface area (Å²) in [7, 11) is 0. The van der Waals surface area contributed by atoms with Crippen molar-refractivity contribution in [2.45, 2.75) is 32.9 Å². The van der Waals surface area contributed by atoms with Gasteiger partial charge < -0.3 is 5.32 Å². The summed E-state index contributed by atoms with van der Waals surface area (Å²) < 4.78 is 0. The zero-order valence-electron chi connectivity index (χ0n) is 12.1. The molecule has 1 aliphatic heterocycles. The van der Waals surface area contributed by atoms with Gasteiger partial charge in [0, 0.05) is 28.5 Å². The summed E-state index contributed by atoms with van der Waals surface area (Å²) in [5.41, 5.74) is 2.65. The second kappa shape index (κ2) is 6.42. The topological polar surface area (TPSA) is 15.3 Å². The smallest absolute Gasteiger partial charge is 0.0494 e. The lowest BCUT2D eigenvalue weighted by molar-refractivity contribution is 0.331. The maximum absolute atomic E-state index is 3.53. The van der Waals surface area contributed by atoms with Crippen molar-refractivity contribution in [1.82, 2.24) is 4.90 Å². The van der Waals surface area contributed by atoms with Crippen molar-refractivity contribution in [2.24, 2.45) is 0 Å². The lowest BCUT2D eigenvalue weighted by atomic mass is 10.2. The number of nitrogens with zero attached hydrogens (tertiary/aromatic N) is 1. The SMILES string of the molecule is Cc1ccc(CNc2cccc(CN3CCCC3)c2)s1. The van der Waals surface area contributed by atoms with Gasteiger partial charge in [-0.25, -0.2) is 0 Å². The molecule has 0 radical (unpaired) electrons. The number of aryl methyl sites for hydroxylation is 1. The highest BCUT2D eigenvalue weighted by Crippen LogP contribution is 2.19. The highest BCUT2D eigenvalue weighted by Gasteiger charge is 2.11. The number of rotatable bonds is 5. The molecule has 0 saturated carbocycles. The molecule has 3 heteroatoms. The second-order valence-corrected chi connectivity index (χ2v) is 6.92. The molecule has 0 unspecified atom stereocenters. The van der Waals surface area contributed by atoms with Crippen molar-refractivity contribution in [3.8, 4) is 0 Å². The molecule has 1 aromatic heterocycles. The summed E-state index contributed by atoms with van der Waals surface area (Å²) in [6, 6.07) is 13.2. The van der Waals surface area contributed by atoms with Gasteiger partial charge in [-0.15, -0.1) is 11.3 Å². The van der Waals surface area contributed by atoms with Gasteiger partial charge >= 0.3 is 0 Å². The van der Waals surface area contributed by atoms with Crippen molar-refractivity contribution in [1.29, 1.82) is 0 Å². The van der Waals surface area contributed by atoms with Gasteiger partial charge in [0.1, 0.15) is 0 Å². The van der Waals surface area contributed by atoms with Crippen molar-refractivity contribution in [3.05, 3.63) is 51.7 Å². The largest absolute Gasteiger partial charge is 0.380 e. The monoisotopic (exact) mass is 286 g/mol. The Balaban J connectivity index is 1.58. The lowest BCUT2D eigenvalue weighted by Crippen LogP contribution is -2.18. The third-order valence-corrected chi connectivity index (χ3v) is 4.80. The first-order valence-electron chi connectivity index (χ1n) is 7.40. The first-order valence-corrected chi connectivity index (χ1v) is 8.22. The first-order chi connectivity index (χ1) is 9.79. The van der Waals surface area contributed by atoms with Crippen LogP contribution in [0.25, 0.3) is 0 Å². The minimum atomic E-state index is 0.922. The fourth-order valence-corrected chi connectivity index (χ4v) is 3.58. The van der Waals surface area contributed by atoms with Crippen LogP contribution in [-0.2, 0) is 13.1 Å². The molecule has 2 heterocycles. The predicted molar refractivity (Wildman–Crippen MR) is 87.3 cm³/mol. The van der Waals surface area contributed by atoms with Crippen LogP contribution >= 0.6 is 11.3 Å². The predicted octanol–water partition coefficient (Wildman–Crippen LogP) is 4.26. The van der Waals surface area contributed by atoms with Crippen LogP contribution in [0.2, 0.25) is 0 Å². The van der Waals surface area contributed by atoms with E-state index in [2.05, 4.69) is 53.5 Å². The Hall–Kier alpha value is -1.32. The number of thiophene rings is 1. The third kappa shape index (κ3) is 3.62. The Bertz CT molecular complexity index is 556. The van der Waals surface area contributed by atoms with Crippen molar-refractivity contribution in [3.63, 3.8) is 0 Å². The molecule has 1 fully saturated rings. The maximum atomic E-state index is 3.53. The Kier molecular flexibility index (Phi) is 4.38. The number of likely N-dealkylation sites (tertiary alicyclic amines) is 1. The van der Waals surface area contributed by atoms with Gasteiger partial charge in [0.15, 0.2) is 0 Å². The number of nitrogens with one attached hydrogen (secondary N) is 1. The zero-order valence-corrected chi connectivity index (χ0v) is 12.9. The summed E-state index contributed by atoms with van der Waals surface area (Å²) in [6.45, 7) is 6.68. The van der Waals surface area contributed by atoms with E-state index in [1.807, 2.05) is 11.3 Å². The van der Waals surface area contributed by atoms with E-state index in [4.69, 9.17) is 0 Å². The van der Waals surface area contributed by atoms with Crippen LogP contribution in [0.3, 0.4) is 0 Å². The Morgan fingerprint density at radius 3 is 2.75 bits per heavy atom. The molecule has 2 aromatic rings. The average Bonchev–Trinajstić information content (AvgIpc) is 3.09. The molecule has 0 aliphatic carbocycles. The van der Waals surface area contributed by atoms with Crippen LogP contribution in [0.5, 0.6) is 0 Å². The van der Waals surface area contributed by atoms with E-state index < -0.39 is 0 Å². The van der Waals surface area contributed by atoms with E-state index in [-0.39, 0.29) is 0 Å². The number of benzene rings is 1. The second-order valence-electron chi connectivity index (χ2n) is 5.55. The highest BCUT2D eigenvalue weighted by molar-refractivity contribution is 7.11. The normalized spacial score (nSPS) is 15.7. The summed E-state index contributed by atoms with van der Waals surface area (Å²) in [5.74, 6) is 0. The molecule has 1 saturated heterocycles. The van der Waals surface area contributed by atoms with E-state index in [9.17, 15) is 0 Å². The maximum Gasteiger partial charge on any atom is 0.0494 e. The zero-order chi connectivity index (χ0) is 13.8. The molecule has 0 spiro atoms. The molecule has 0 atom stereocenters. The Morgan fingerprint density at radius 1 is 1.15 bits per heavy atom. The van der Waals surface area contributed by atoms with Crippen LogP contribution in [-0.4, -0.2) is 18.0 Å². The van der Waals surface area contributed by atoms with Crippen LogP contribution in [0.1, 0.15) is 28.2 Å². The molecule has 3 rings (SSSR count). The molecular weight excluding hydrogens is 264 g/mol. The average molecular weight is 286 g/mol. The summed E-state index contributed by atoms with van der Waals surface area (Å²) in [6.07, 6.45) is 2.71. The quantitative estimate of drug-likeness (QED) is 0.883. The summed E-state index contributed by atoms with van der Waals surface area (Å²) in [5, 5.41) is 3.53. The fraction of sp³-hybridized carbons (Fsp3) is 0.412. The van der Waals surface area contributed by atoms with E-state index in [1.165, 1.54) is 46.9 Å². The lowest BCUT2D eigenvalue weighted by Gasteiger charge is -2.15. The van der Waals surface area contributed by atoms with E-state index in [0.29, 0.717) is 0 Å². The number of hydrogen-bond donors (Lipinski definition) is 1. The third-order valence-electron chi connectivity index (χ3n) is 3.79. The first kappa shape index (κ1) is 13.7. The van der Waals surface area contributed by atoms with Gasteiger partial charge in [0.25, 0.3) is 0 Å². The standard InChI is InChI=1S/C17H22N2S/c1-14-7-8-17(20-14)12-18-16-6-4-5-15(11-16)13-19-9-2-3-10-19/h4-8,11,18H,2-3,9-10,12-13H2,1H3. The minimum Gasteiger partial charge on any atom is -0.380 e. The molecule has 1 N–H and O–H groups in total. The molecule has 1 aromatic carbocycles. The fourth-order valence-electron chi connectivity index (χ4n) is 2.75. The summed E-state index contributed by atoms with van der Waals surface area (Å²) in [4.78, 5) is 5.32. The van der Waals surface area contributed by atoms with E-state index in [0.717, 1.165) is 13.1 Å². The Morgan fingerprint density at radius 2 is 2.00 bits per heavy atom. The van der Waals surface area contributed by atoms with Crippen LogP contribution in [0, 0.1) is 6.92 Å². The van der Waals surface area contributed by atoms with Gasteiger partial charge in [-0.2, -0.15) is 0 Å². The Labute approximate surface area is 125 Å².